The molecular formula is C14H16O6. The van der Waals surface area contributed by atoms with Crippen LogP contribution in [0.4, 0.5) is 0 Å². The lowest BCUT2D eigenvalue weighted by Crippen LogP contribution is -2.18. The van der Waals surface area contributed by atoms with Crippen molar-refractivity contribution in [1.29, 1.82) is 0 Å². The van der Waals surface area contributed by atoms with Gasteiger partial charge in [0.05, 0.1) is 12.8 Å². The number of rotatable bonds is 6. The maximum atomic E-state index is 11.4. The van der Waals surface area contributed by atoms with E-state index >= 15 is 0 Å². The minimum atomic E-state index is -1.01. The van der Waals surface area contributed by atoms with Gasteiger partial charge in [0.1, 0.15) is 6.10 Å². The topological polar surface area (TPSA) is 82.1 Å². The largest absolute Gasteiger partial charge is 0.481 e. The lowest BCUT2D eigenvalue weighted by molar-refractivity contribution is -0.151. The minimum Gasteiger partial charge on any atom is -0.481 e. The number of ether oxygens (including phenoxy) is 3. The molecule has 1 heterocycles. The normalized spacial score (nSPS) is 13.8. The minimum absolute atomic E-state index is 0.110. The van der Waals surface area contributed by atoms with Crippen LogP contribution < -0.4 is 9.47 Å². The quantitative estimate of drug-likeness (QED) is 0.799. The van der Waals surface area contributed by atoms with Gasteiger partial charge in [0.15, 0.2) is 11.5 Å². The zero-order chi connectivity index (χ0) is 14.5. The molecule has 1 atom stereocenters. The number of esters is 1. The van der Waals surface area contributed by atoms with Crippen LogP contribution in [0.3, 0.4) is 0 Å². The molecule has 20 heavy (non-hydrogen) atoms. The molecule has 6 heteroatoms. The lowest BCUT2D eigenvalue weighted by atomic mass is 10.1. The number of carbonyl (C=O) groups is 2. The molecule has 1 unspecified atom stereocenters. The fraction of sp³-hybridized carbons (Fsp3) is 0.429. The van der Waals surface area contributed by atoms with Crippen LogP contribution in [0.15, 0.2) is 18.2 Å². The van der Waals surface area contributed by atoms with Crippen LogP contribution >= 0.6 is 0 Å². The van der Waals surface area contributed by atoms with E-state index in [1.54, 1.807) is 6.92 Å². The van der Waals surface area contributed by atoms with Crippen molar-refractivity contribution in [3.8, 4) is 11.5 Å². The zero-order valence-corrected chi connectivity index (χ0v) is 11.1. The van der Waals surface area contributed by atoms with Crippen LogP contribution in [-0.2, 0) is 20.7 Å². The molecule has 0 amide bonds. The third-order valence-electron chi connectivity index (χ3n) is 2.84. The third-order valence-corrected chi connectivity index (χ3v) is 2.84. The predicted octanol–water partition coefficient (Wildman–Crippen LogP) is 1.75. The molecule has 2 rings (SSSR count). The summed E-state index contributed by atoms with van der Waals surface area (Å²) in [6.07, 6.45) is -0.108. The molecule has 1 aliphatic heterocycles. The highest BCUT2D eigenvalue weighted by molar-refractivity contribution is 5.76. The summed E-state index contributed by atoms with van der Waals surface area (Å²) in [5, 5.41) is 8.49. The van der Waals surface area contributed by atoms with Crippen molar-refractivity contribution in [3.05, 3.63) is 23.8 Å². The van der Waals surface area contributed by atoms with E-state index in [1.165, 1.54) is 0 Å². The Hall–Kier alpha value is -2.24. The predicted molar refractivity (Wildman–Crippen MR) is 68.7 cm³/mol. The highest BCUT2D eigenvalue weighted by Crippen LogP contribution is 2.32. The Morgan fingerprint density at radius 2 is 2.05 bits per heavy atom. The molecule has 0 spiro atoms. The number of fused-ring (bicyclic) bond motifs is 1. The molecule has 1 aromatic rings. The van der Waals surface area contributed by atoms with Crippen LogP contribution in [0.5, 0.6) is 11.5 Å². The molecule has 0 radical (unpaired) electrons. The van der Waals surface area contributed by atoms with Crippen LogP contribution in [0.2, 0.25) is 0 Å². The molecule has 0 fully saturated rings. The number of aliphatic carboxylic acids is 1. The van der Waals surface area contributed by atoms with E-state index in [4.69, 9.17) is 19.3 Å². The summed E-state index contributed by atoms with van der Waals surface area (Å²) in [5.41, 5.74) is 0.966. The first-order chi connectivity index (χ1) is 9.54. The van der Waals surface area contributed by atoms with Gasteiger partial charge in [-0.1, -0.05) is 6.07 Å². The summed E-state index contributed by atoms with van der Waals surface area (Å²) in [4.78, 5) is 21.8. The van der Waals surface area contributed by atoms with E-state index in [2.05, 4.69) is 0 Å². The Bertz CT molecular complexity index is 510. The number of carbonyl (C=O) groups excluding carboxylic acids is 1. The Kier molecular flexibility index (Phi) is 4.45. The van der Waals surface area contributed by atoms with E-state index < -0.39 is 11.9 Å². The van der Waals surface area contributed by atoms with E-state index in [9.17, 15) is 9.59 Å². The molecule has 1 aromatic carbocycles. The molecule has 0 saturated carbocycles. The monoisotopic (exact) mass is 280 g/mol. The van der Waals surface area contributed by atoms with Crippen molar-refractivity contribution in [2.45, 2.75) is 32.3 Å². The number of carboxylic acids is 1. The maximum absolute atomic E-state index is 11.4. The second-order valence-electron chi connectivity index (χ2n) is 4.59. The van der Waals surface area contributed by atoms with Gasteiger partial charge in [-0.3, -0.25) is 9.59 Å². The average molecular weight is 280 g/mol. The lowest BCUT2D eigenvalue weighted by Gasteiger charge is -2.13. The first-order valence-electron chi connectivity index (χ1n) is 6.34. The first-order valence-corrected chi connectivity index (χ1v) is 6.34. The molecule has 0 saturated heterocycles. The van der Waals surface area contributed by atoms with Crippen molar-refractivity contribution >= 4 is 11.9 Å². The third kappa shape index (κ3) is 3.88. The fourth-order valence-electron chi connectivity index (χ4n) is 1.93. The summed E-state index contributed by atoms with van der Waals surface area (Å²) in [6, 6.07) is 5.55. The summed E-state index contributed by atoms with van der Waals surface area (Å²) in [6.45, 7) is 1.99. The second-order valence-corrected chi connectivity index (χ2v) is 4.59. The number of benzene rings is 1. The van der Waals surface area contributed by atoms with Crippen molar-refractivity contribution in [1.82, 2.24) is 0 Å². The van der Waals surface area contributed by atoms with Gasteiger partial charge in [-0.25, -0.2) is 0 Å². The molecular weight excluding hydrogens is 264 g/mol. The van der Waals surface area contributed by atoms with E-state index in [-0.39, 0.29) is 25.7 Å². The smallest absolute Gasteiger partial charge is 0.306 e. The van der Waals surface area contributed by atoms with Crippen molar-refractivity contribution in [2.24, 2.45) is 0 Å². The average Bonchev–Trinajstić information content (AvgIpc) is 2.83. The van der Waals surface area contributed by atoms with Crippen LogP contribution in [0, 0.1) is 0 Å². The number of hydrogen-bond donors (Lipinski definition) is 1. The van der Waals surface area contributed by atoms with Gasteiger partial charge in [0.25, 0.3) is 0 Å². The second kappa shape index (κ2) is 6.27. The van der Waals surface area contributed by atoms with Gasteiger partial charge in [0.2, 0.25) is 6.79 Å². The van der Waals surface area contributed by atoms with Gasteiger partial charge in [0, 0.05) is 6.42 Å². The van der Waals surface area contributed by atoms with E-state index in [0.717, 1.165) is 5.56 Å². The Balaban J connectivity index is 1.83. The standard InChI is InChI=1S/C14H16O6/c1-9(20-14(17)5-4-13(15)16)6-10-2-3-11-12(7-10)19-8-18-11/h2-3,7,9H,4-6,8H2,1H3,(H,15,16). The summed E-state index contributed by atoms with van der Waals surface area (Å²) < 4.78 is 15.6. The summed E-state index contributed by atoms with van der Waals surface area (Å²) >= 11 is 0. The molecule has 0 bridgehead atoms. The van der Waals surface area contributed by atoms with Crippen LogP contribution in [0.1, 0.15) is 25.3 Å². The van der Waals surface area contributed by atoms with Crippen molar-refractivity contribution < 1.29 is 28.9 Å². The van der Waals surface area contributed by atoms with Gasteiger partial charge < -0.3 is 19.3 Å². The molecule has 6 nitrogen and oxygen atoms in total. The van der Waals surface area contributed by atoms with Gasteiger partial charge >= 0.3 is 11.9 Å². The molecule has 1 N–H and O–H groups in total. The van der Waals surface area contributed by atoms with Gasteiger partial charge in [-0.2, -0.15) is 0 Å². The maximum Gasteiger partial charge on any atom is 0.306 e. The SMILES string of the molecule is CC(Cc1ccc2c(c1)OCO2)OC(=O)CCC(=O)O. The molecule has 1 aliphatic rings. The summed E-state index contributed by atoms with van der Waals surface area (Å²) in [7, 11) is 0. The molecule has 108 valence electrons. The highest BCUT2D eigenvalue weighted by atomic mass is 16.7. The highest BCUT2D eigenvalue weighted by Gasteiger charge is 2.16. The Morgan fingerprint density at radius 3 is 2.80 bits per heavy atom. The zero-order valence-electron chi connectivity index (χ0n) is 11.1. The van der Waals surface area contributed by atoms with E-state index in [0.29, 0.717) is 17.9 Å². The van der Waals surface area contributed by atoms with E-state index in [1.807, 2.05) is 18.2 Å². The van der Waals surface area contributed by atoms with Gasteiger partial charge in [-0.05, 0) is 24.6 Å². The first kappa shape index (κ1) is 14.2. The van der Waals surface area contributed by atoms with Crippen molar-refractivity contribution in [3.63, 3.8) is 0 Å². The molecule has 0 aliphatic carbocycles. The number of carboxylic acid groups (broad SMARTS) is 1. The summed E-state index contributed by atoms with van der Waals surface area (Å²) in [5.74, 6) is -0.113. The Labute approximate surface area is 116 Å². The van der Waals surface area contributed by atoms with Crippen LogP contribution in [0.25, 0.3) is 0 Å². The molecule has 0 aromatic heterocycles. The van der Waals surface area contributed by atoms with Crippen molar-refractivity contribution in [2.75, 3.05) is 6.79 Å². The van der Waals surface area contributed by atoms with Gasteiger partial charge in [-0.15, -0.1) is 0 Å². The fourth-order valence-corrected chi connectivity index (χ4v) is 1.93. The Morgan fingerprint density at radius 1 is 1.30 bits per heavy atom. The van der Waals surface area contributed by atoms with Crippen LogP contribution in [-0.4, -0.2) is 29.9 Å². The number of hydrogen-bond acceptors (Lipinski definition) is 5.